The number of aryl methyl sites for hydroxylation is 2. The summed E-state index contributed by atoms with van der Waals surface area (Å²) in [5.74, 6) is -0.191. The second kappa shape index (κ2) is 11.1. The van der Waals surface area contributed by atoms with E-state index in [1.165, 1.54) is 6.07 Å². The van der Waals surface area contributed by atoms with E-state index < -0.39 is 11.6 Å². The first kappa shape index (κ1) is 28.8. The third kappa shape index (κ3) is 6.18. The van der Waals surface area contributed by atoms with Gasteiger partial charge in [-0.05, 0) is 83.0 Å². The van der Waals surface area contributed by atoms with Gasteiger partial charge in [-0.25, -0.2) is 9.78 Å². The number of ether oxygens (including phenoxy) is 1. The van der Waals surface area contributed by atoms with Crippen molar-refractivity contribution in [2.45, 2.75) is 53.2 Å². The summed E-state index contributed by atoms with van der Waals surface area (Å²) in [7, 11) is 1.67. The third-order valence-electron chi connectivity index (χ3n) is 6.27. The van der Waals surface area contributed by atoms with Crippen molar-refractivity contribution in [2.24, 2.45) is 4.99 Å². The molecular weight excluding hydrogens is 528 g/mol. The molecule has 40 heavy (non-hydrogen) atoms. The van der Waals surface area contributed by atoms with Gasteiger partial charge in [0, 0.05) is 41.7 Å². The van der Waals surface area contributed by atoms with Gasteiger partial charge >= 0.3 is 5.97 Å². The number of nitrogen functional groups attached to an aromatic ring is 1. The Morgan fingerprint density at radius 1 is 1.18 bits per heavy atom. The summed E-state index contributed by atoms with van der Waals surface area (Å²) < 4.78 is 12.0. The highest BCUT2D eigenvalue weighted by atomic mass is 35.5. The standard InChI is InChI=1S/C31H33ClN4O4/c1-16-10-21(18(3)35-23-8-9-26(32)36-28(23)30(38)40-31(4,5)6)29-22(11-16)24(37)14-25(39-29)19-12-17(2)27(33)20(13-19)15-34-7/h8-15,18,35H,33H2,1-7H3. The summed E-state index contributed by atoms with van der Waals surface area (Å²) in [5.41, 5.74) is 10.8. The van der Waals surface area contributed by atoms with Crippen LogP contribution < -0.4 is 16.5 Å². The van der Waals surface area contributed by atoms with Crippen molar-refractivity contribution >= 4 is 46.1 Å². The molecule has 0 aliphatic heterocycles. The van der Waals surface area contributed by atoms with E-state index in [-0.39, 0.29) is 22.3 Å². The number of esters is 1. The van der Waals surface area contributed by atoms with E-state index in [1.54, 1.807) is 52.2 Å². The molecule has 2 heterocycles. The lowest BCUT2D eigenvalue weighted by atomic mass is 9.99. The zero-order valence-corrected chi connectivity index (χ0v) is 24.4. The predicted molar refractivity (Wildman–Crippen MR) is 162 cm³/mol. The van der Waals surface area contributed by atoms with Crippen molar-refractivity contribution in [2.75, 3.05) is 18.1 Å². The molecule has 0 amide bonds. The summed E-state index contributed by atoms with van der Waals surface area (Å²) in [6.45, 7) is 11.1. The number of hydrogen-bond acceptors (Lipinski definition) is 8. The van der Waals surface area contributed by atoms with E-state index in [9.17, 15) is 9.59 Å². The largest absolute Gasteiger partial charge is 0.455 e. The number of nitrogens with two attached hydrogens (primary N) is 1. The second-order valence-electron chi connectivity index (χ2n) is 10.8. The molecule has 0 aliphatic rings. The van der Waals surface area contributed by atoms with Crippen LogP contribution >= 0.6 is 11.6 Å². The van der Waals surface area contributed by atoms with Crippen LogP contribution in [0, 0.1) is 13.8 Å². The molecule has 9 heteroatoms. The summed E-state index contributed by atoms with van der Waals surface area (Å²) in [6, 6.07) is 11.9. The van der Waals surface area contributed by atoms with E-state index in [0.29, 0.717) is 33.7 Å². The first-order valence-corrected chi connectivity index (χ1v) is 13.2. The van der Waals surface area contributed by atoms with Crippen molar-refractivity contribution in [3.8, 4) is 11.3 Å². The first-order chi connectivity index (χ1) is 18.8. The Hall–Kier alpha value is -4.17. The molecule has 0 aliphatic carbocycles. The summed E-state index contributed by atoms with van der Waals surface area (Å²) in [6.07, 6.45) is 1.67. The summed E-state index contributed by atoms with van der Waals surface area (Å²) in [5, 5.41) is 3.97. The Morgan fingerprint density at radius 2 is 1.90 bits per heavy atom. The maximum Gasteiger partial charge on any atom is 0.359 e. The molecule has 3 N–H and O–H groups in total. The molecule has 4 aromatic rings. The highest BCUT2D eigenvalue weighted by Gasteiger charge is 2.24. The average molecular weight is 561 g/mol. The number of anilines is 2. The molecule has 0 spiro atoms. The van der Waals surface area contributed by atoms with Crippen LogP contribution in [0.25, 0.3) is 22.3 Å². The summed E-state index contributed by atoms with van der Waals surface area (Å²) >= 11 is 6.12. The van der Waals surface area contributed by atoms with E-state index in [2.05, 4.69) is 15.3 Å². The smallest absolute Gasteiger partial charge is 0.359 e. The van der Waals surface area contributed by atoms with Gasteiger partial charge in [-0.1, -0.05) is 17.7 Å². The summed E-state index contributed by atoms with van der Waals surface area (Å²) in [4.78, 5) is 34.6. The number of rotatable bonds is 6. The first-order valence-electron chi connectivity index (χ1n) is 12.8. The number of nitrogens with zero attached hydrogens (tertiary/aromatic N) is 2. The van der Waals surface area contributed by atoms with Gasteiger partial charge in [-0.15, -0.1) is 0 Å². The quantitative estimate of drug-likeness (QED) is 0.114. The van der Waals surface area contributed by atoms with Crippen LogP contribution in [0.3, 0.4) is 0 Å². The third-order valence-corrected chi connectivity index (χ3v) is 6.48. The van der Waals surface area contributed by atoms with Crippen LogP contribution in [-0.2, 0) is 4.74 Å². The fraction of sp³-hybridized carbons (Fsp3) is 0.290. The Bertz CT molecular complexity index is 1700. The van der Waals surface area contributed by atoms with Crippen molar-refractivity contribution in [3.63, 3.8) is 0 Å². The van der Waals surface area contributed by atoms with E-state index in [4.69, 9.17) is 26.5 Å². The highest BCUT2D eigenvalue weighted by molar-refractivity contribution is 6.29. The lowest BCUT2D eigenvalue weighted by Gasteiger charge is -2.22. The zero-order valence-electron chi connectivity index (χ0n) is 23.7. The van der Waals surface area contributed by atoms with E-state index in [1.807, 2.05) is 39.0 Å². The SMILES string of the molecule is CN=Cc1cc(-c2cc(=O)c3cc(C)cc(C(C)Nc4ccc(Cl)nc4C(=O)OC(C)(C)C)c3o2)cc(C)c1N. The van der Waals surface area contributed by atoms with Gasteiger partial charge in [0.1, 0.15) is 22.1 Å². The van der Waals surface area contributed by atoms with E-state index >= 15 is 0 Å². The van der Waals surface area contributed by atoms with Crippen LogP contribution in [0.1, 0.15) is 66.5 Å². The average Bonchev–Trinajstić information content (AvgIpc) is 2.86. The fourth-order valence-electron chi connectivity index (χ4n) is 4.46. The maximum absolute atomic E-state index is 13.3. The topological polar surface area (TPSA) is 120 Å². The van der Waals surface area contributed by atoms with Gasteiger partial charge in [-0.3, -0.25) is 9.79 Å². The van der Waals surface area contributed by atoms with Crippen LogP contribution in [-0.4, -0.2) is 29.8 Å². The molecular formula is C31H33ClN4O4. The lowest BCUT2D eigenvalue weighted by Crippen LogP contribution is -2.25. The van der Waals surface area contributed by atoms with Crippen molar-refractivity contribution < 1.29 is 13.9 Å². The molecule has 0 fully saturated rings. The van der Waals surface area contributed by atoms with Crippen LogP contribution in [0.5, 0.6) is 0 Å². The Kier molecular flexibility index (Phi) is 8.03. The molecule has 1 unspecified atom stereocenters. The number of aromatic nitrogens is 1. The number of hydrogen-bond donors (Lipinski definition) is 2. The number of carbonyl (C=O) groups is 1. The minimum Gasteiger partial charge on any atom is -0.455 e. The Morgan fingerprint density at radius 3 is 2.58 bits per heavy atom. The molecule has 8 nitrogen and oxygen atoms in total. The number of fused-ring (bicyclic) bond motifs is 1. The predicted octanol–water partition coefficient (Wildman–Crippen LogP) is 6.88. The minimum atomic E-state index is -0.709. The normalized spacial score (nSPS) is 12.6. The zero-order chi connectivity index (χ0) is 29.4. The van der Waals surface area contributed by atoms with Gasteiger partial charge in [0.25, 0.3) is 0 Å². The highest BCUT2D eigenvalue weighted by Crippen LogP contribution is 2.33. The molecule has 0 radical (unpaired) electrons. The molecule has 2 aromatic heterocycles. The Balaban J connectivity index is 1.83. The monoisotopic (exact) mass is 560 g/mol. The van der Waals surface area contributed by atoms with Crippen molar-refractivity contribution in [3.05, 3.63) is 85.8 Å². The molecule has 0 saturated carbocycles. The van der Waals surface area contributed by atoms with E-state index in [0.717, 1.165) is 22.3 Å². The molecule has 0 saturated heterocycles. The minimum absolute atomic E-state index is 0.0656. The molecule has 4 rings (SSSR count). The van der Waals surface area contributed by atoms with Gasteiger partial charge < -0.3 is 20.2 Å². The van der Waals surface area contributed by atoms with Gasteiger partial charge in [0.2, 0.25) is 0 Å². The van der Waals surface area contributed by atoms with Crippen LogP contribution in [0.4, 0.5) is 11.4 Å². The number of nitrogens with one attached hydrogen (secondary N) is 1. The second-order valence-corrected chi connectivity index (χ2v) is 11.2. The number of benzene rings is 2. The number of pyridine rings is 1. The molecule has 0 bridgehead atoms. The Labute approximate surface area is 238 Å². The lowest BCUT2D eigenvalue weighted by molar-refractivity contribution is 0.00640. The molecule has 208 valence electrons. The molecule has 2 aromatic carbocycles. The van der Waals surface area contributed by atoms with Crippen LogP contribution in [0.15, 0.2) is 56.7 Å². The molecule has 1 atom stereocenters. The van der Waals surface area contributed by atoms with Gasteiger partial charge in [0.15, 0.2) is 11.1 Å². The maximum atomic E-state index is 13.3. The van der Waals surface area contributed by atoms with Crippen molar-refractivity contribution in [1.82, 2.24) is 4.98 Å². The van der Waals surface area contributed by atoms with Crippen LogP contribution in [0.2, 0.25) is 5.15 Å². The number of halogens is 1. The number of carbonyl (C=O) groups excluding carboxylic acids is 1. The van der Waals surface area contributed by atoms with Gasteiger partial charge in [0.05, 0.1) is 17.1 Å². The fourth-order valence-corrected chi connectivity index (χ4v) is 4.60. The van der Waals surface area contributed by atoms with Gasteiger partial charge in [-0.2, -0.15) is 0 Å². The number of aliphatic imine (C=N–C) groups is 1. The van der Waals surface area contributed by atoms with Crippen molar-refractivity contribution in [1.29, 1.82) is 0 Å².